The maximum Gasteiger partial charge on any atom is 0.264 e. The van der Waals surface area contributed by atoms with Crippen molar-refractivity contribution < 1.29 is 14.7 Å². The van der Waals surface area contributed by atoms with Crippen LogP contribution in [0.3, 0.4) is 0 Å². The molecule has 1 aliphatic rings. The number of hydrogen-bond donors (Lipinski definition) is 1. The Morgan fingerprint density at radius 3 is 2.60 bits per heavy atom. The van der Waals surface area contributed by atoms with Crippen molar-refractivity contribution in [1.29, 1.82) is 0 Å². The van der Waals surface area contributed by atoms with E-state index in [0.29, 0.717) is 21.8 Å². The second-order valence-electron chi connectivity index (χ2n) is 5.83. The van der Waals surface area contributed by atoms with E-state index >= 15 is 0 Å². The SMILES string of the molecule is C=CCN1C(=O)C(O)(CC(=O)c2ccc(Br)cc2)c2cc(Cl)ccc21. The number of amides is 1. The summed E-state index contributed by atoms with van der Waals surface area (Å²) in [6.45, 7) is 3.88. The lowest BCUT2D eigenvalue weighted by Gasteiger charge is -2.22. The minimum atomic E-state index is -1.94. The molecule has 0 saturated heterocycles. The maximum absolute atomic E-state index is 12.8. The van der Waals surface area contributed by atoms with Gasteiger partial charge in [-0.15, -0.1) is 6.58 Å². The molecule has 0 aliphatic carbocycles. The third-order valence-corrected chi connectivity index (χ3v) is 4.95. The summed E-state index contributed by atoms with van der Waals surface area (Å²) in [6.07, 6.45) is 1.22. The molecular formula is C19H15BrClNO3. The molecule has 3 rings (SSSR count). The van der Waals surface area contributed by atoms with Gasteiger partial charge >= 0.3 is 0 Å². The Labute approximate surface area is 158 Å². The highest BCUT2D eigenvalue weighted by Crippen LogP contribution is 2.44. The summed E-state index contributed by atoms with van der Waals surface area (Å²) in [7, 11) is 0. The van der Waals surface area contributed by atoms with Crippen LogP contribution in [0.25, 0.3) is 0 Å². The van der Waals surface area contributed by atoms with E-state index in [4.69, 9.17) is 11.6 Å². The number of hydrogen-bond acceptors (Lipinski definition) is 3. The first kappa shape index (κ1) is 17.9. The second-order valence-corrected chi connectivity index (χ2v) is 7.19. The van der Waals surface area contributed by atoms with Gasteiger partial charge in [0.05, 0.1) is 12.1 Å². The molecule has 4 nitrogen and oxygen atoms in total. The zero-order chi connectivity index (χ0) is 18.2. The van der Waals surface area contributed by atoms with Gasteiger partial charge in [-0.2, -0.15) is 0 Å². The smallest absolute Gasteiger partial charge is 0.264 e. The van der Waals surface area contributed by atoms with Gasteiger partial charge in [-0.1, -0.05) is 45.7 Å². The number of ketones is 1. The molecule has 1 heterocycles. The number of anilines is 1. The van der Waals surface area contributed by atoms with Gasteiger partial charge in [0.15, 0.2) is 11.4 Å². The van der Waals surface area contributed by atoms with Crippen molar-refractivity contribution in [2.24, 2.45) is 0 Å². The Hall–Kier alpha value is -1.95. The number of rotatable bonds is 5. The zero-order valence-electron chi connectivity index (χ0n) is 13.2. The number of benzene rings is 2. The molecule has 0 fully saturated rings. The minimum Gasteiger partial charge on any atom is -0.375 e. The van der Waals surface area contributed by atoms with Gasteiger partial charge in [0, 0.05) is 27.2 Å². The molecule has 1 unspecified atom stereocenters. The van der Waals surface area contributed by atoms with Crippen LogP contribution in [0.2, 0.25) is 5.02 Å². The quantitative estimate of drug-likeness (QED) is 0.585. The van der Waals surface area contributed by atoms with Crippen LogP contribution in [-0.2, 0) is 10.4 Å². The summed E-state index contributed by atoms with van der Waals surface area (Å²) >= 11 is 9.35. The Bertz CT molecular complexity index is 865. The van der Waals surface area contributed by atoms with Gasteiger partial charge in [0.1, 0.15) is 0 Å². The molecule has 1 aliphatic heterocycles. The number of halogens is 2. The van der Waals surface area contributed by atoms with E-state index in [2.05, 4.69) is 22.5 Å². The van der Waals surface area contributed by atoms with E-state index in [-0.39, 0.29) is 18.7 Å². The first-order valence-electron chi connectivity index (χ1n) is 7.61. The van der Waals surface area contributed by atoms with Crippen molar-refractivity contribution in [2.75, 3.05) is 11.4 Å². The van der Waals surface area contributed by atoms with Gasteiger partial charge in [0.2, 0.25) is 0 Å². The third-order valence-electron chi connectivity index (χ3n) is 4.19. The predicted molar refractivity (Wildman–Crippen MR) is 101 cm³/mol. The Balaban J connectivity index is 2.00. The highest BCUT2D eigenvalue weighted by molar-refractivity contribution is 9.10. The summed E-state index contributed by atoms with van der Waals surface area (Å²) in [6, 6.07) is 11.6. The van der Waals surface area contributed by atoms with Crippen LogP contribution in [0, 0.1) is 0 Å². The van der Waals surface area contributed by atoms with Crippen LogP contribution in [0.4, 0.5) is 5.69 Å². The van der Waals surface area contributed by atoms with Gasteiger partial charge in [-0.3, -0.25) is 9.59 Å². The molecule has 0 bridgehead atoms. The Morgan fingerprint density at radius 1 is 1.28 bits per heavy atom. The molecule has 2 aromatic rings. The molecule has 0 spiro atoms. The average molecular weight is 421 g/mol. The number of carbonyl (C=O) groups is 2. The van der Waals surface area contributed by atoms with Crippen molar-refractivity contribution in [1.82, 2.24) is 0 Å². The van der Waals surface area contributed by atoms with Crippen molar-refractivity contribution in [3.8, 4) is 0 Å². The molecule has 2 aromatic carbocycles. The Morgan fingerprint density at radius 2 is 1.96 bits per heavy atom. The molecule has 1 N–H and O–H groups in total. The molecule has 0 aromatic heterocycles. The lowest BCUT2D eigenvalue weighted by molar-refractivity contribution is -0.135. The molecule has 0 saturated carbocycles. The minimum absolute atomic E-state index is 0.238. The molecule has 6 heteroatoms. The maximum atomic E-state index is 12.8. The van der Waals surface area contributed by atoms with Crippen molar-refractivity contribution >= 4 is 44.9 Å². The normalized spacial score (nSPS) is 19.0. The molecule has 1 atom stereocenters. The fourth-order valence-corrected chi connectivity index (χ4v) is 3.41. The monoisotopic (exact) mass is 419 g/mol. The van der Waals surface area contributed by atoms with Crippen LogP contribution in [0.15, 0.2) is 59.6 Å². The topological polar surface area (TPSA) is 57.6 Å². The largest absolute Gasteiger partial charge is 0.375 e. The van der Waals surface area contributed by atoms with E-state index in [1.807, 2.05) is 0 Å². The van der Waals surface area contributed by atoms with Crippen LogP contribution < -0.4 is 4.90 Å². The van der Waals surface area contributed by atoms with Crippen molar-refractivity contribution in [3.63, 3.8) is 0 Å². The van der Waals surface area contributed by atoms with E-state index in [1.54, 1.807) is 42.5 Å². The third kappa shape index (κ3) is 3.15. The number of Topliss-reactive ketones (excluding diaryl/α,β-unsaturated/α-hetero) is 1. The fraction of sp³-hybridized carbons (Fsp3) is 0.158. The van der Waals surface area contributed by atoms with Crippen LogP contribution >= 0.6 is 27.5 Å². The number of aliphatic hydroxyl groups is 1. The summed E-state index contributed by atoms with van der Waals surface area (Å²) in [5, 5.41) is 11.5. The highest BCUT2D eigenvalue weighted by atomic mass is 79.9. The summed E-state index contributed by atoms with van der Waals surface area (Å²) in [5.41, 5.74) is -0.624. The molecule has 128 valence electrons. The highest BCUT2D eigenvalue weighted by Gasteiger charge is 2.50. The van der Waals surface area contributed by atoms with Crippen molar-refractivity contribution in [2.45, 2.75) is 12.0 Å². The summed E-state index contributed by atoms with van der Waals surface area (Å²) in [5.74, 6) is -0.871. The van der Waals surface area contributed by atoms with E-state index in [0.717, 1.165) is 4.47 Å². The van der Waals surface area contributed by atoms with Crippen molar-refractivity contribution in [3.05, 3.63) is 75.7 Å². The van der Waals surface area contributed by atoms with E-state index < -0.39 is 11.5 Å². The predicted octanol–water partition coefficient (Wildman–Crippen LogP) is 4.10. The number of carbonyl (C=O) groups excluding carboxylic acids is 2. The molecule has 25 heavy (non-hydrogen) atoms. The number of nitrogens with zero attached hydrogens (tertiary/aromatic N) is 1. The fourth-order valence-electron chi connectivity index (χ4n) is 2.97. The van der Waals surface area contributed by atoms with Gasteiger partial charge in [0.25, 0.3) is 5.91 Å². The van der Waals surface area contributed by atoms with E-state index in [9.17, 15) is 14.7 Å². The molecular weight excluding hydrogens is 406 g/mol. The van der Waals surface area contributed by atoms with Crippen LogP contribution in [0.1, 0.15) is 22.3 Å². The van der Waals surface area contributed by atoms with E-state index in [1.165, 1.54) is 11.0 Å². The molecule has 1 amide bonds. The number of fused-ring (bicyclic) bond motifs is 1. The summed E-state index contributed by atoms with van der Waals surface area (Å²) < 4.78 is 0.842. The summed E-state index contributed by atoms with van der Waals surface area (Å²) in [4.78, 5) is 26.9. The van der Waals surface area contributed by atoms with Crippen LogP contribution in [-0.4, -0.2) is 23.3 Å². The first-order valence-corrected chi connectivity index (χ1v) is 8.78. The van der Waals surface area contributed by atoms with Crippen LogP contribution in [0.5, 0.6) is 0 Å². The average Bonchev–Trinajstić information content (AvgIpc) is 2.77. The van der Waals surface area contributed by atoms with Gasteiger partial charge in [-0.05, 0) is 30.3 Å². The Kier molecular flexibility index (Phi) is 4.82. The molecule has 0 radical (unpaired) electrons. The first-order chi connectivity index (χ1) is 11.9. The van der Waals surface area contributed by atoms with Gasteiger partial charge < -0.3 is 10.0 Å². The second kappa shape index (κ2) is 6.75. The van der Waals surface area contributed by atoms with Gasteiger partial charge in [-0.25, -0.2) is 0 Å². The lowest BCUT2D eigenvalue weighted by atomic mass is 9.88. The lowest BCUT2D eigenvalue weighted by Crippen LogP contribution is -2.41. The standard InChI is InChI=1S/C19H15BrClNO3/c1-2-9-22-16-8-7-14(21)10-15(16)19(25,18(22)24)11-17(23)12-3-5-13(20)6-4-12/h2-8,10,25H,1,9,11H2. The zero-order valence-corrected chi connectivity index (χ0v) is 15.5.